The van der Waals surface area contributed by atoms with Crippen molar-refractivity contribution in [1.29, 1.82) is 0 Å². The van der Waals surface area contributed by atoms with Gasteiger partial charge in [0.1, 0.15) is 0 Å². The Labute approximate surface area is 132 Å². The molecule has 0 radical (unpaired) electrons. The van der Waals surface area contributed by atoms with E-state index in [1.54, 1.807) is 0 Å². The third-order valence-corrected chi connectivity index (χ3v) is 3.90. The van der Waals surface area contributed by atoms with Crippen LogP contribution in [0.1, 0.15) is 17.5 Å². The Bertz CT molecular complexity index is 592. The molecule has 2 heteroatoms. The molecule has 0 saturated heterocycles. The van der Waals surface area contributed by atoms with Gasteiger partial charge in [0.2, 0.25) is 5.91 Å². The first-order valence-electron chi connectivity index (χ1n) is 7.35. The molecule has 0 aromatic heterocycles. The van der Waals surface area contributed by atoms with Gasteiger partial charge in [-0.05, 0) is 23.6 Å². The number of carbonyl (C=O) groups is 1. The second-order valence-electron chi connectivity index (χ2n) is 5.23. The van der Waals surface area contributed by atoms with Gasteiger partial charge >= 0.3 is 0 Å². The molecule has 0 unspecified atom stereocenters. The van der Waals surface area contributed by atoms with Crippen molar-refractivity contribution in [3.63, 3.8) is 0 Å². The molecule has 1 N–H and O–H groups in total. The fourth-order valence-electron chi connectivity index (χ4n) is 2.75. The van der Waals surface area contributed by atoms with E-state index in [1.807, 2.05) is 42.5 Å². The van der Waals surface area contributed by atoms with E-state index in [-0.39, 0.29) is 11.3 Å². The van der Waals surface area contributed by atoms with Gasteiger partial charge in [0.25, 0.3) is 0 Å². The molecule has 2 aromatic rings. The van der Waals surface area contributed by atoms with E-state index < -0.39 is 0 Å². The van der Waals surface area contributed by atoms with Crippen LogP contribution in [0.3, 0.4) is 0 Å². The van der Waals surface area contributed by atoms with E-state index in [2.05, 4.69) is 42.7 Å². The number of carbonyl (C=O) groups excluding carboxylic acids is 1. The van der Waals surface area contributed by atoms with Crippen molar-refractivity contribution in [3.05, 3.63) is 97.1 Å². The van der Waals surface area contributed by atoms with Gasteiger partial charge in [-0.2, -0.15) is 0 Å². The average Bonchev–Trinajstić information content (AvgIpc) is 2.60. The highest BCUT2D eigenvalue weighted by molar-refractivity contribution is 5.87. The van der Waals surface area contributed by atoms with Crippen LogP contribution < -0.4 is 5.32 Å². The fourth-order valence-corrected chi connectivity index (χ4v) is 2.75. The third kappa shape index (κ3) is 3.34. The number of allylic oxidation sites excluding steroid dienone is 1. The molecule has 0 spiro atoms. The Morgan fingerprint density at radius 3 is 1.86 bits per heavy atom. The maximum atomic E-state index is 11.7. The second-order valence-corrected chi connectivity index (χ2v) is 5.23. The standard InChI is InChI=1S/C20H21NO/c1-3-15-20(16-21-19(22)4-2,17-11-7-5-8-12-17)18-13-9-6-10-14-18/h3-14H,1-2,15-16H2,(H,21,22). The quantitative estimate of drug-likeness (QED) is 0.609. The Balaban J connectivity index is 2.51. The zero-order valence-corrected chi connectivity index (χ0v) is 12.7. The molecule has 0 aliphatic rings. The summed E-state index contributed by atoms with van der Waals surface area (Å²) in [5.74, 6) is -0.166. The summed E-state index contributed by atoms with van der Waals surface area (Å²) in [6, 6.07) is 20.4. The van der Waals surface area contributed by atoms with Crippen LogP contribution in [0.5, 0.6) is 0 Å². The Hall–Kier alpha value is -2.61. The molecule has 2 rings (SSSR count). The largest absolute Gasteiger partial charge is 0.351 e. The minimum Gasteiger partial charge on any atom is -0.351 e. The fraction of sp³-hybridized carbons (Fsp3) is 0.150. The average molecular weight is 291 g/mol. The van der Waals surface area contributed by atoms with E-state index in [1.165, 1.54) is 6.08 Å². The molecule has 0 aliphatic carbocycles. The minimum atomic E-state index is -0.330. The van der Waals surface area contributed by atoms with Crippen LogP contribution in [0.15, 0.2) is 86.0 Å². The predicted molar refractivity (Wildman–Crippen MR) is 91.7 cm³/mol. The number of amides is 1. The van der Waals surface area contributed by atoms with Crippen molar-refractivity contribution in [1.82, 2.24) is 5.32 Å². The van der Waals surface area contributed by atoms with Crippen LogP contribution in [0.4, 0.5) is 0 Å². The summed E-state index contributed by atoms with van der Waals surface area (Å²) in [5, 5.41) is 2.95. The van der Waals surface area contributed by atoms with E-state index in [0.717, 1.165) is 17.5 Å². The number of nitrogens with one attached hydrogen (secondary N) is 1. The van der Waals surface area contributed by atoms with Crippen molar-refractivity contribution >= 4 is 5.91 Å². The Morgan fingerprint density at radius 2 is 1.45 bits per heavy atom. The lowest BCUT2D eigenvalue weighted by molar-refractivity contribution is -0.116. The van der Waals surface area contributed by atoms with Gasteiger partial charge in [-0.25, -0.2) is 0 Å². The molecule has 0 saturated carbocycles. The van der Waals surface area contributed by atoms with Crippen LogP contribution >= 0.6 is 0 Å². The molecule has 1 amide bonds. The Kier molecular flexibility index (Phi) is 5.31. The van der Waals surface area contributed by atoms with Gasteiger partial charge in [0.15, 0.2) is 0 Å². The molecule has 2 aromatic carbocycles. The molecule has 0 bridgehead atoms. The number of hydrogen-bond donors (Lipinski definition) is 1. The summed E-state index contributed by atoms with van der Waals surface area (Å²) in [5.41, 5.74) is 1.99. The summed E-state index contributed by atoms with van der Waals surface area (Å²) in [6.45, 7) is 7.93. The molecule has 0 fully saturated rings. The second kappa shape index (κ2) is 7.41. The topological polar surface area (TPSA) is 29.1 Å². The smallest absolute Gasteiger partial charge is 0.243 e. The predicted octanol–water partition coefficient (Wildman–Crippen LogP) is 3.85. The lowest BCUT2D eigenvalue weighted by Crippen LogP contribution is -2.41. The van der Waals surface area contributed by atoms with Gasteiger partial charge in [0.05, 0.1) is 0 Å². The highest BCUT2D eigenvalue weighted by Gasteiger charge is 2.33. The van der Waals surface area contributed by atoms with Crippen LogP contribution in [-0.2, 0) is 10.2 Å². The van der Waals surface area contributed by atoms with Gasteiger partial charge in [-0.1, -0.05) is 73.3 Å². The molecule has 0 atom stereocenters. The summed E-state index contributed by atoms with van der Waals surface area (Å²) < 4.78 is 0. The summed E-state index contributed by atoms with van der Waals surface area (Å²) in [4.78, 5) is 11.7. The number of rotatable bonds is 7. The SMILES string of the molecule is C=CCC(CNC(=O)C=C)(c1ccccc1)c1ccccc1. The zero-order valence-electron chi connectivity index (χ0n) is 12.7. The molecular formula is C20H21NO. The van der Waals surface area contributed by atoms with Gasteiger partial charge in [0, 0.05) is 12.0 Å². The van der Waals surface area contributed by atoms with Crippen molar-refractivity contribution in [2.75, 3.05) is 6.54 Å². The molecule has 112 valence electrons. The van der Waals surface area contributed by atoms with E-state index in [0.29, 0.717) is 6.54 Å². The maximum Gasteiger partial charge on any atom is 0.243 e. The van der Waals surface area contributed by atoms with Crippen LogP contribution in [0.2, 0.25) is 0 Å². The highest BCUT2D eigenvalue weighted by Crippen LogP contribution is 2.35. The third-order valence-electron chi connectivity index (χ3n) is 3.90. The van der Waals surface area contributed by atoms with Crippen LogP contribution in [0.25, 0.3) is 0 Å². The molecule has 0 heterocycles. The van der Waals surface area contributed by atoms with Crippen molar-refractivity contribution in [2.45, 2.75) is 11.8 Å². The lowest BCUT2D eigenvalue weighted by Gasteiger charge is -2.34. The normalized spacial score (nSPS) is 10.7. The molecule has 22 heavy (non-hydrogen) atoms. The summed E-state index contributed by atoms with van der Waals surface area (Å²) >= 11 is 0. The molecule has 2 nitrogen and oxygen atoms in total. The zero-order chi connectivity index (χ0) is 15.8. The van der Waals surface area contributed by atoms with E-state index in [9.17, 15) is 4.79 Å². The summed E-state index contributed by atoms with van der Waals surface area (Å²) in [7, 11) is 0. The van der Waals surface area contributed by atoms with Crippen LogP contribution in [-0.4, -0.2) is 12.5 Å². The van der Waals surface area contributed by atoms with Gasteiger partial charge in [-0.15, -0.1) is 6.58 Å². The first kappa shape index (κ1) is 15.8. The number of benzene rings is 2. The number of hydrogen-bond acceptors (Lipinski definition) is 1. The molecular weight excluding hydrogens is 270 g/mol. The van der Waals surface area contributed by atoms with Crippen molar-refractivity contribution < 1.29 is 4.79 Å². The molecule has 0 aliphatic heterocycles. The minimum absolute atomic E-state index is 0.166. The highest BCUT2D eigenvalue weighted by atomic mass is 16.1. The monoisotopic (exact) mass is 291 g/mol. The Morgan fingerprint density at radius 1 is 0.955 bits per heavy atom. The van der Waals surface area contributed by atoms with Gasteiger partial charge in [-0.3, -0.25) is 4.79 Å². The van der Waals surface area contributed by atoms with Crippen molar-refractivity contribution in [2.24, 2.45) is 0 Å². The maximum absolute atomic E-state index is 11.7. The van der Waals surface area contributed by atoms with Gasteiger partial charge < -0.3 is 5.32 Å². The van der Waals surface area contributed by atoms with E-state index >= 15 is 0 Å². The van der Waals surface area contributed by atoms with Crippen LogP contribution in [0, 0.1) is 0 Å². The summed E-state index contributed by atoms with van der Waals surface area (Å²) in [6.07, 6.45) is 3.94. The first-order valence-corrected chi connectivity index (χ1v) is 7.35. The van der Waals surface area contributed by atoms with E-state index in [4.69, 9.17) is 0 Å². The lowest BCUT2D eigenvalue weighted by atomic mass is 9.72. The van der Waals surface area contributed by atoms with Crippen molar-refractivity contribution in [3.8, 4) is 0 Å². The first-order chi connectivity index (χ1) is 10.7.